The average Bonchev–Trinajstić information content (AvgIpc) is 2.85. The second-order valence-electron chi connectivity index (χ2n) is 6.33. The zero-order chi connectivity index (χ0) is 18.8. The lowest BCUT2D eigenvalue weighted by Crippen LogP contribution is -2.38. The fourth-order valence-corrected chi connectivity index (χ4v) is 4.55. The summed E-state index contributed by atoms with van der Waals surface area (Å²) in [6.45, 7) is 13.6. The molecule has 2 amide bonds. The minimum Gasteiger partial charge on any atom is -0.343 e. The van der Waals surface area contributed by atoms with Crippen molar-refractivity contribution in [1.82, 2.24) is 14.7 Å². The summed E-state index contributed by atoms with van der Waals surface area (Å²) in [6.07, 6.45) is 3.05. The first kappa shape index (κ1) is 22.4. The molecule has 0 spiro atoms. The molecule has 0 aromatic heterocycles. The van der Waals surface area contributed by atoms with E-state index in [0.29, 0.717) is 10.9 Å². The zero-order valence-electron chi connectivity index (χ0n) is 16.1. The van der Waals surface area contributed by atoms with Gasteiger partial charge in [0.2, 0.25) is 11.8 Å². The topological polar surface area (TPSA) is 43.9 Å². The molecule has 144 valence electrons. The molecule has 1 atom stereocenters. The SMILES string of the molecule is CCCN(CCC)C(=O)CC1SC(=S)N(CCCN(CC)CC)C1=O. The highest BCUT2D eigenvalue weighted by Gasteiger charge is 2.38. The Bertz CT molecular complexity index is 450. The third kappa shape index (κ3) is 6.87. The van der Waals surface area contributed by atoms with Gasteiger partial charge in [0, 0.05) is 26.1 Å². The van der Waals surface area contributed by atoms with Gasteiger partial charge in [0.25, 0.3) is 0 Å². The van der Waals surface area contributed by atoms with E-state index in [9.17, 15) is 9.59 Å². The molecule has 0 aromatic rings. The maximum absolute atomic E-state index is 12.6. The predicted octanol–water partition coefficient (Wildman–Crippen LogP) is 2.99. The van der Waals surface area contributed by atoms with Crippen LogP contribution in [0.4, 0.5) is 0 Å². The van der Waals surface area contributed by atoms with Crippen molar-refractivity contribution in [3.05, 3.63) is 0 Å². The Hall–Kier alpha value is -0.660. The second kappa shape index (κ2) is 11.9. The van der Waals surface area contributed by atoms with E-state index in [1.165, 1.54) is 11.8 Å². The van der Waals surface area contributed by atoms with Gasteiger partial charge in [-0.1, -0.05) is 51.7 Å². The molecule has 0 aromatic carbocycles. The molecule has 1 aliphatic rings. The van der Waals surface area contributed by atoms with E-state index < -0.39 is 0 Å². The first-order chi connectivity index (χ1) is 12.0. The molecule has 7 heteroatoms. The second-order valence-corrected chi connectivity index (χ2v) is 8.16. The van der Waals surface area contributed by atoms with Crippen molar-refractivity contribution in [2.24, 2.45) is 0 Å². The van der Waals surface area contributed by atoms with Crippen LogP contribution in [0.1, 0.15) is 53.4 Å². The number of carbonyl (C=O) groups excluding carboxylic acids is 2. The van der Waals surface area contributed by atoms with E-state index >= 15 is 0 Å². The third-order valence-corrected chi connectivity index (χ3v) is 6.04. The van der Waals surface area contributed by atoms with Gasteiger partial charge in [-0.2, -0.15) is 0 Å². The van der Waals surface area contributed by atoms with Gasteiger partial charge >= 0.3 is 0 Å². The molecule has 0 radical (unpaired) electrons. The Balaban J connectivity index is 2.54. The predicted molar refractivity (Wildman–Crippen MR) is 110 cm³/mol. The van der Waals surface area contributed by atoms with Crippen molar-refractivity contribution in [3.8, 4) is 0 Å². The minimum absolute atomic E-state index is 0.0100. The first-order valence-corrected chi connectivity index (χ1v) is 10.8. The van der Waals surface area contributed by atoms with Crippen molar-refractivity contribution < 1.29 is 9.59 Å². The number of hydrogen-bond donors (Lipinski definition) is 0. The fourth-order valence-electron chi connectivity index (χ4n) is 3.01. The van der Waals surface area contributed by atoms with Crippen LogP contribution >= 0.6 is 24.0 Å². The van der Waals surface area contributed by atoms with Gasteiger partial charge in [-0.25, -0.2) is 0 Å². The number of nitrogens with zero attached hydrogens (tertiary/aromatic N) is 3. The molecule has 0 saturated carbocycles. The Labute approximate surface area is 162 Å². The quantitative estimate of drug-likeness (QED) is 0.482. The normalized spacial score (nSPS) is 17.6. The Morgan fingerprint density at radius 2 is 1.72 bits per heavy atom. The monoisotopic (exact) mass is 387 g/mol. The number of hydrogen-bond acceptors (Lipinski definition) is 5. The smallest absolute Gasteiger partial charge is 0.242 e. The van der Waals surface area contributed by atoms with Gasteiger partial charge < -0.3 is 9.80 Å². The van der Waals surface area contributed by atoms with E-state index in [-0.39, 0.29) is 23.5 Å². The molecule has 5 nitrogen and oxygen atoms in total. The number of carbonyl (C=O) groups is 2. The molecule has 25 heavy (non-hydrogen) atoms. The summed E-state index contributed by atoms with van der Waals surface area (Å²) in [4.78, 5) is 31.1. The molecule has 1 rings (SSSR count). The van der Waals surface area contributed by atoms with Crippen LogP contribution in [0, 0.1) is 0 Å². The first-order valence-electron chi connectivity index (χ1n) is 9.50. The van der Waals surface area contributed by atoms with Gasteiger partial charge in [0.05, 0.1) is 5.25 Å². The van der Waals surface area contributed by atoms with Crippen molar-refractivity contribution >= 4 is 40.1 Å². The molecule has 0 aliphatic carbocycles. The minimum atomic E-state index is -0.343. The molecule has 0 N–H and O–H groups in total. The Morgan fingerprint density at radius 3 is 2.24 bits per heavy atom. The van der Waals surface area contributed by atoms with E-state index in [0.717, 1.165) is 52.0 Å². The highest BCUT2D eigenvalue weighted by atomic mass is 32.2. The summed E-state index contributed by atoms with van der Waals surface area (Å²) >= 11 is 6.76. The van der Waals surface area contributed by atoms with Crippen LogP contribution in [-0.2, 0) is 9.59 Å². The van der Waals surface area contributed by atoms with E-state index in [4.69, 9.17) is 12.2 Å². The maximum atomic E-state index is 12.6. The summed E-state index contributed by atoms with van der Waals surface area (Å²) in [6, 6.07) is 0. The number of rotatable bonds is 12. The summed E-state index contributed by atoms with van der Waals surface area (Å²) < 4.78 is 0.625. The van der Waals surface area contributed by atoms with Crippen molar-refractivity contribution in [2.45, 2.75) is 58.6 Å². The largest absolute Gasteiger partial charge is 0.343 e. The highest BCUT2D eigenvalue weighted by Crippen LogP contribution is 2.30. The molecule has 1 aliphatic heterocycles. The Kier molecular flexibility index (Phi) is 10.6. The van der Waals surface area contributed by atoms with E-state index in [1.54, 1.807) is 4.90 Å². The van der Waals surface area contributed by atoms with Gasteiger partial charge in [-0.15, -0.1) is 0 Å². The molecule has 0 bridgehead atoms. The molecule has 1 saturated heterocycles. The van der Waals surface area contributed by atoms with E-state index in [1.807, 2.05) is 4.90 Å². The fraction of sp³-hybridized carbons (Fsp3) is 0.833. The summed E-state index contributed by atoms with van der Waals surface area (Å²) in [5, 5.41) is -0.343. The highest BCUT2D eigenvalue weighted by molar-refractivity contribution is 8.24. The lowest BCUT2D eigenvalue weighted by atomic mass is 10.2. The lowest BCUT2D eigenvalue weighted by molar-refractivity contribution is -0.134. The van der Waals surface area contributed by atoms with Crippen LogP contribution in [-0.4, -0.2) is 75.4 Å². The summed E-state index contributed by atoms with van der Waals surface area (Å²) in [7, 11) is 0. The van der Waals surface area contributed by atoms with Crippen molar-refractivity contribution in [2.75, 3.05) is 39.3 Å². The van der Waals surface area contributed by atoms with Crippen LogP contribution in [0.5, 0.6) is 0 Å². The number of amides is 2. The average molecular weight is 388 g/mol. The molecular weight excluding hydrogens is 354 g/mol. The van der Waals surface area contributed by atoms with Crippen LogP contribution in [0.2, 0.25) is 0 Å². The van der Waals surface area contributed by atoms with Gasteiger partial charge in [-0.3, -0.25) is 14.5 Å². The maximum Gasteiger partial charge on any atom is 0.242 e. The van der Waals surface area contributed by atoms with Crippen LogP contribution < -0.4 is 0 Å². The standard InChI is InChI=1S/C18H33N3O2S2/c1-5-10-20(11-6-2)16(22)14-15-17(23)21(18(24)25-15)13-9-12-19(7-3)8-4/h15H,5-14H2,1-4H3. The number of thioether (sulfide) groups is 1. The summed E-state index contributed by atoms with van der Waals surface area (Å²) in [5.41, 5.74) is 0. The van der Waals surface area contributed by atoms with Gasteiger partial charge in [0.1, 0.15) is 4.32 Å². The third-order valence-electron chi connectivity index (χ3n) is 4.46. The molecule has 1 fully saturated rings. The zero-order valence-corrected chi connectivity index (χ0v) is 17.8. The lowest BCUT2D eigenvalue weighted by Gasteiger charge is -2.23. The van der Waals surface area contributed by atoms with Crippen molar-refractivity contribution in [1.29, 1.82) is 0 Å². The molecule has 1 heterocycles. The Morgan fingerprint density at radius 1 is 1.12 bits per heavy atom. The van der Waals surface area contributed by atoms with E-state index in [2.05, 4.69) is 32.6 Å². The number of thiocarbonyl (C=S) groups is 1. The molecule has 1 unspecified atom stereocenters. The van der Waals surface area contributed by atoms with Crippen LogP contribution in [0.15, 0.2) is 0 Å². The summed E-state index contributed by atoms with van der Waals surface area (Å²) in [5.74, 6) is 0.0817. The molecular formula is C18H33N3O2S2. The van der Waals surface area contributed by atoms with Crippen LogP contribution in [0.3, 0.4) is 0 Å². The van der Waals surface area contributed by atoms with Crippen molar-refractivity contribution in [3.63, 3.8) is 0 Å². The van der Waals surface area contributed by atoms with Gasteiger partial charge in [0.15, 0.2) is 0 Å². The van der Waals surface area contributed by atoms with Crippen LogP contribution in [0.25, 0.3) is 0 Å². The van der Waals surface area contributed by atoms with Gasteiger partial charge in [-0.05, 0) is 38.9 Å².